The Morgan fingerprint density at radius 2 is 1.62 bits per heavy atom. The normalized spacial score (nSPS) is 10.5. The Labute approximate surface area is 221 Å². The van der Waals surface area contributed by atoms with Crippen LogP contribution in [0.3, 0.4) is 0 Å². The van der Waals surface area contributed by atoms with Crippen molar-refractivity contribution in [2.45, 2.75) is 12.6 Å². The number of ether oxygens (including phenoxy) is 1. The van der Waals surface area contributed by atoms with Crippen LogP contribution in [0.25, 0.3) is 0 Å². The Hall–Kier alpha value is -4.78. The first-order valence-electron chi connectivity index (χ1n) is 11.3. The van der Waals surface area contributed by atoms with Crippen LogP contribution in [-0.2, 0) is 16.0 Å². The number of carboxylic acid groups (broad SMARTS) is 1. The van der Waals surface area contributed by atoms with Gasteiger partial charge in [-0.25, -0.2) is 9.59 Å². The highest BCUT2D eigenvalue weighted by Gasteiger charge is 2.38. The quantitative estimate of drug-likeness (QED) is 0.312. The molecule has 0 saturated carbocycles. The number of benzene rings is 2. The topological polar surface area (TPSA) is 147 Å². The molecular weight excluding hydrogens is 521 g/mol. The van der Waals surface area contributed by atoms with Crippen molar-refractivity contribution < 1.29 is 42.2 Å². The van der Waals surface area contributed by atoms with Gasteiger partial charge in [0.25, 0.3) is 11.8 Å². The van der Waals surface area contributed by atoms with Gasteiger partial charge in [0, 0.05) is 11.9 Å². The van der Waals surface area contributed by atoms with Crippen LogP contribution in [0.1, 0.15) is 36.8 Å². The summed E-state index contributed by atoms with van der Waals surface area (Å²) in [7, 11) is 3.15. The number of carboxylic acids is 1. The molecule has 0 spiro atoms. The number of methoxy groups -OCH3 is 1. The first-order chi connectivity index (χ1) is 18.5. The minimum absolute atomic E-state index is 0.173. The number of pyridine rings is 1. The fraction of sp³-hybridized carbons (Fsp3) is 0.192. The van der Waals surface area contributed by atoms with Gasteiger partial charge in [-0.05, 0) is 68.0 Å². The van der Waals surface area contributed by atoms with Gasteiger partial charge < -0.3 is 25.8 Å². The van der Waals surface area contributed by atoms with Crippen molar-refractivity contribution in [3.8, 4) is 0 Å². The van der Waals surface area contributed by atoms with E-state index in [1.165, 1.54) is 31.5 Å². The van der Waals surface area contributed by atoms with Gasteiger partial charge in [0.2, 0.25) is 0 Å². The summed E-state index contributed by atoms with van der Waals surface area (Å²) in [6.07, 6.45) is -2.71. The van der Waals surface area contributed by atoms with Gasteiger partial charge in [-0.15, -0.1) is 0 Å². The van der Waals surface area contributed by atoms with Gasteiger partial charge in [-0.3, -0.25) is 14.6 Å². The minimum Gasteiger partial charge on any atom is -0.475 e. The number of carbonyl (C=O) groups is 4. The molecule has 0 bridgehead atoms. The summed E-state index contributed by atoms with van der Waals surface area (Å²) in [6, 6.07) is 16.8. The molecule has 4 N–H and O–H groups in total. The molecule has 0 atom stereocenters. The molecule has 0 aliphatic rings. The van der Waals surface area contributed by atoms with Crippen LogP contribution in [-0.4, -0.2) is 60.7 Å². The van der Waals surface area contributed by atoms with Crippen LogP contribution < -0.4 is 16.0 Å². The van der Waals surface area contributed by atoms with Gasteiger partial charge in [0.15, 0.2) is 0 Å². The van der Waals surface area contributed by atoms with E-state index < -0.39 is 29.9 Å². The second kappa shape index (κ2) is 14.2. The van der Waals surface area contributed by atoms with Crippen molar-refractivity contribution in [3.05, 3.63) is 89.2 Å². The maximum Gasteiger partial charge on any atom is 0.490 e. The van der Waals surface area contributed by atoms with Gasteiger partial charge in [0.1, 0.15) is 5.69 Å². The van der Waals surface area contributed by atoms with E-state index in [0.29, 0.717) is 5.69 Å². The van der Waals surface area contributed by atoms with E-state index in [0.717, 1.165) is 18.5 Å². The van der Waals surface area contributed by atoms with E-state index in [4.69, 9.17) is 14.6 Å². The molecule has 10 nitrogen and oxygen atoms in total. The third-order valence-electron chi connectivity index (χ3n) is 4.95. The van der Waals surface area contributed by atoms with Gasteiger partial charge >= 0.3 is 18.1 Å². The lowest BCUT2D eigenvalue weighted by molar-refractivity contribution is -0.192. The molecular formula is C26H25F3N4O6. The van der Waals surface area contributed by atoms with Crippen LogP contribution in [0.5, 0.6) is 0 Å². The zero-order chi connectivity index (χ0) is 29.0. The largest absolute Gasteiger partial charge is 0.490 e. The summed E-state index contributed by atoms with van der Waals surface area (Å²) in [5.41, 5.74) is 2.51. The second-order valence-corrected chi connectivity index (χ2v) is 7.73. The number of nitrogens with one attached hydrogen (secondary N) is 3. The highest BCUT2D eigenvalue weighted by molar-refractivity contribution is 6.13. The first kappa shape index (κ1) is 30.4. The number of rotatable bonds is 8. The van der Waals surface area contributed by atoms with Crippen molar-refractivity contribution in [1.82, 2.24) is 10.3 Å². The van der Waals surface area contributed by atoms with E-state index in [1.807, 2.05) is 31.3 Å². The molecule has 1 aromatic heterocycles. The predicted molar refractivity (Wildman–Crippen MR) is 136 cm³/mol. The van der Waals surface area contributed by atoms with E-state index in [1.54, 1.807) is 18.2 Å². The van der Waals surface area contributed by atoms with Crippen molar-refractivity contribution in [3.63, 3.8) is 0 Å². The van der Waals surface area contributed by atoms with Crippen molar-refractivity contribution in [2.75, 3.05) is 31.3 Å². The Morgan fingerprint density at radius 3 is 2.15 bits per heavy atom. The number of carbonyl (C=O) groups excluding carboxylic acids is 3. The lowest BCUT2D eigenvalue weighted by Gasteiger charge is -2.13. The maximum atomic E-state index is 13.0. The molecule has 13 heteroatoms. The number of nitrogens with zero attached hydrogens (tertiary/aromatic N) is 1. The fourth-order valence-electron chi connectivity index (χ4n) is 3.00. The lowest BCUT2D eigenvalue weighted by atomic mass is 10.1. The highest BCUT2D eigenvalue weighted by Crippen LogP contribution is 2.22. The zero-order valence-electron chi connectivity index (χ0n) is 20.8. The maximum absolute atomic E-state index is 13.0. The molecule has 3 aromatic rings. The van der Waals surface area contributed by atoms with Gasteiger partial charge in [0.05, 0.1) is 23.9 Å². The molecule has 206 valence electrons. The number of hydrogen-bond donors (Lipinski definition) is 4. The third kappa shape index (κ3) is 9.55. The van der Waals surface area contributed by atoms with Crippen LogP contribution in [0.15, 0.2) is 66.9 Å². The molecule has 3 rings (SSSR count). The predicted octanol–water partition coefficient (Wildman–Crippen LogP) is 3.77. The third-order valence-corrected chi connectivity index (χ3v) is 4.95. The van der Waals surface area contributed by atoms with E-state index in [2.05, 4.69) is 20.9 Å². The van der Waals surface area contributed by atoms with E-state index >= 15 is 0 Å². The summed E-state index contributed by atoms with van der Waals surface area (Å²) in [4.78, 5) is 50.4. The summed E-state index contributed by atoms with van der Waals surface area (Å²) in [5, 5.41) is 15.7. The van der Waals surface area contributed by atoms with E-state index in [-0.39, 0.29) is 22.5 Å². The van der Waals surface area contributed by atoms with Crippen LogP contribution in [0, 0.1) is 0 Å². The van der Waals surface area contributed by atoms with Crippen LogP contribution in [0.2, 0.25) is 0 Å². The molecule has 39 heavy (non-hydrogen) atoms. The summed E-state index contributed by atoms with van der Waals surface area (Å²) in [6.45, 7) is 0.859. The SMILES string of the molecule is CNCCc1ccc(NC(=O)c2ccc(C(=O)OC)cc2NC(=O)c2ccccn2)cc1.O=C(O)C(F)(F)F. The zero-order valence-corrected chi connectivity index (χ0v) is 20.8. The number of alkyl halides is 3. The Kier molecular flexibility index (Phi) is 11.1. The fourth-order valence-corrected chi connectivity index (χ4v) is 3.00. The number of esters is 1. The Bertz CT molecular complexity index is 1300. The van der Waals surface area contributed by atoms with E-state index in [9.17, 15) is 27.6 Å². The van der Waals surface area contributed by atoms with Crippen molar-refractivity contribution in [1.29, 1.82) is 0 Å². The number of aromatic nitrogens is 1. The number of likely N-dealkylation sites (N-methyl/N-ethyl adjacent to an activating group) is 1. The summed E-state index contributed by atoms with van der Waals surface area (Å²) in [5.74, 6) is -4.27. The number of amides is 2. The molecule has 1 heterocycles. The molecule has 0 fully saturated rings. The van der Waals surface area contributed by atoms with Crippen molar-refractivity contribution >= 4 is 35.1 Å². The smallest absolute Gasteiger partial charge is 0.475 e. The molecule has 0 saturated heterocycles. The Balaban J connectivity index is 0.000000673. The monoisotopic (exact) mass is 546 g/mol. The molecule has 0 radical (unpaired) electrons. The van der Waals surface area contributed by atoms with Gasteiger partial charge in [-0.2, -0.15) is 13.2 Å². The van der Waals surface area contributed by atoms with Crippen molar-refractivity contribution in [2.24, 2.45) is 0 Å². The average molecular weight is 547 g/mol. The number of aliphatic carboxylic acids is 1. The Morgan fingerprint density at radius 1 is 0.949 bits per heavy atom. The lowest BCUT2D eigenvalue weighted by Crippen LogP contribution is -2.21. The van der Waals surface area contributed by atoms with Crippen LogP contribution in [0.4, 0.5) is 24.5 Å². The minimum atomic E-state index is -5.08. The number of anilines is 2. The number of halogens is 3. The number of hydrogen-bond acceptors (Lipinski definition) is 7. The van der Waals surface area contributed by atoms with Crippen LogP contribution >= 0.6 is 0 Å². The molecule has 0 aliphatic heterocycles. The summed E-state index contributed by atoms with van der Waals surface area (Å²) < 4.78 is 36.5. The summed E-state index contributed by atoms with van der Waals surface area (Å²) >= 11 is 0. The molecule has 0 unspecified atom stereocenters. The first-order valence-corrected chi connectivity index (χ1v) is 11.3. The standard InChI is InChI=1S/C24H24N4O4.C2HF3O2/c1-25-14-12-16-6-9-18(10-7-16)27-22(29)19-11-8-17(24(31)32-2)15-21(19)28-23(30)20-5-3-4-13-26-20;3-2(4,5)1(6)7/h3-11,13,15,25H,12,14H2,1-2H3,(H,27,29)(H,28,30);(H,6,7). The molecule has 2 aromatic carbocycles. The van der Waals surface area contributed by atoms with Gasteiger partial charge in [-0.1, -0.05) is 18.2 Å². The second-order valence-electron chi connectivity index (χ2n) is 7.73. The molecule has 2 amide bonds. The highest BCUT2D eigenvalue weighted by atomic mass is 19.4. The molecule has 0 aliphatic carbocycles. The average Bonchev–Trinajstić information content (AvgIpc) is 2.92.